The molecule has 1 atom stereocenters. The lowest BCUT2D eigenvalue weighted by Crippen LogP contribution is -2.33. The minimum atomic E-state index is -1.13. The number of amides is 1. The molecule has 0 bridgehead atoms. The van der Waals surface area contributed by atoms with Gasteiger partial charge in [0.2, 0.25) is 6.10 Å². The SMILES string of the molecule is O=C(O[C@@H](C(=O)NC1CC1)c1ccc(F)cc1)c1ccn[nH]1. The maximum absolute atomic E-state index is 13.0. The van der Waals surface area contributed by atoms with Crippen molar-refractivity contribution in [1.29, 1.82) is 0 Å². The van der Waals surface area contributed by atoms with Crippen LogP contribution in [0.1, 0.15) is 35.0 Å². The highest BCUT2D eigenvalue weighted by Gasteiger charge is 2.31. The Morgan fingerprint density at radius 3 is 2.59 bits per heavy atom. The number of carbonyl (C=O) groups excluding carboxylic acids is 2. The molecule has 7 heteroatoms. The highest BCUT2D eigenvalue weighted by atomic mass is 19.1. The Morgan fingerprint density at radius 1 is 1.27 bits per heavy atom. The van der Waals surface area contributed by atoms with Gasteiger partial charge in [-0.3, -0.25) is 9.89 Å². The number of rotatable bonds is 5. The second-order valence-electron chi connectivity index (χ2n) is 5.09. The summed E-state index contributed by atoms with van der Waals surface area (Å²) in [5.74, 6) is -1.54. The third-order valence-electron chi connectivity index (χ3n) is 3.28. The predicted molar refractivity (Wildman–Crippen MR) is 74.3 cm³/mol. The van der Waals surface area contributed by atoms with Crippen LogP contribution in [0.15, 0.2) is 36.5 Å². The molecule has 6 nitrogen and oxygen atoms in total. The molecule has 0 radical (unpaired) electrons. The number of ether oxygens (including phenoxy) is 1. The maximum atomic E-state index is 13.0. The van der Waals surface area contributed by atoms with E-state index in [0.29, 0.717) is 5.56 Å². The van der Waals surface area contributed by atoms with Gasteiger partial charge in [0.05, 0.1) is 0 Å². The van der Waals surface area contributed by atoms with Gasteiger partial charge in [-0.25, -0.2) is 9.18 Å². The molecule has 1 fully saturated rings. The Bertz CT molecular complexity index is 666. The number of H-pyrrole nitrogens is 1. The zero-order valence-electron chi connectivity index (χ0n) is 11.6. The molecule has 1 amide bonds. The molecule has 1 aliphatic carbocycles. The second-order valence-corrected chi connectivity index (χ2v) is 5.09. The molecular weight excluding hydrogens is 289 g/mol. The third-order valence-corrected chi connectivity index (χ3v) is 3.28. The Morgan fingerprint density at radius 2 is 2.00 bits per heavy atom. The van der Waals surface area contributed by atoms with Crippen molar-refractivity contribution in [3.63, 3.8) is 0 Å². The quantitative estimate of drug-likeness (QED) is 0.824. The van der Waals surface area contributed by atoms with Crippen LogP contribution >= 0.6 is 0 Å². The molecule has 0 spiro atoms. The van der Waals surface area contributed by atoms with Crippen molar-refractivity contribution in [2.24, 2.45) is 0 Å². The van der Waals surface area contributed by atoms with Gasteiger partial charge in [-0.05, 0) is 31.0 Å². The van der Waals surface area contributed by atoms with Crippen LogP contribution < -0.4 is 5.32 Å². The summed E-state index contributed by atoms with van der Waals surface area (Å²) in [5, 5.41) is 8.92. The van der Waals surface area contributed by atoms with Crippen molar-refractivity contribution in [2.75, 3.05) is 0 Å². The first-order valence-corrected chi connectivity index (χ1v) is 6.89. The van der Waals surface area contributed by atoms with Crippen LogP contribution in [0.2, 0.25) is 0 Å². The van der Waals surface area contributed by atoms with E-state index in [2.05, 4.69) is 15.5 Å². The largest absolute Gasteiger partial charge is 0.443 e. The van der Waals surface area contributed by atoms with Crippen molar-refractivity contribution in [2.45, 2.75) is 25.0 Å². The molecule has 2 aromatic rings. The summed E-state index contributed by atoms with van der Waals surface area (Å²) >= 11 is 0. The van der Waals surface area contributed by atoms with Crippen LogP contribution in [0.25, 0.3) is 0 Å². The molecule has 0 saturated heterocycles. The summed E-state index contributed by atoms with van der Waals surface area (Å²) in [5.41, 5.74) is 0.554. The molecule has 3 rings (SSSR count). The van der Waals surface area contributed by atoms with Gasteiger partial charge in [0.15, 0.2) is 0 Å². The van der Waals surface area contributed by atoms with Gasteiger partial charge >= 0.3 is 5.97 Å². The first-order chi connectivity index (χ1) is 10.6. The van der Waals surface area contributed by atoms with E-state index in [0.717, 1.165) is 12.8 Å². The molecule has 1 saturated carbocycles. The van der Waals surface area contributed by atoms with Gasteiger partial charge in [0.25, 0.3) is 5.91 Å². The van der Waals surface area contributed by atoms with E-state index >= 15 is 0 Å². The smallest absolute Gasteiger partial charge is 0.357 e. The number of benzene rings is 1. The van der Waals surface area contributed by atoms with Gasteiger partial charge in [-0.1, -0.05) is 12.1 Å². The lowest BCUT2D eigenvalue weighted by atomic mass is 10.1. The number of esters is 1. The highest BCUT2D eigenvalue weighted by Crippen LogP contribution is 2.24. The first-order valence-electron chi connectivity index (χ1n) is 6.89. The summed E-state index contributed by atoms with van der Waals surface area (Å²) in [6.45, 7) is 0. The summed E-state index contributed by atoms with van der Waals surface area (Å²) in [7, 11) is 0. The highest BCUT2D eigenvalue weighted by molar-refractivity contribution is 5.91. The van der Waals surface area contributed by atoms with Crippen molar-refractivity contribution in [3.05, 3.63) is 53.6 Å². The third kappa shape index (κ3) is 3.30. The van der Waals surface area contributed by atoms with Gasteiger partial charge in [0.1, 0.15) is 11.5 Å². The van der Waals surface area contributed by atoms with Crippen LogP contribution in [-0.4, -0.2) is 28.1 Å². The van der Waals surface area contributed by atoms with Crippen LogP contribution in [0.4, 0.5) is 4.39 Å². The van der Waals surface area contributed by atoms with Crippen molar-refractivity contribution < 1.29 is 18.7 Å². The van der Waals surface area contributed by atoms with Crippen LogP contribution in [0.5, 0.6) is 0 Å². The molecule has 1 heterocycles. The number of carbonyl (C=O) groups is 2. The molecule has 114 valence electrons. The van der Waals surface area contributed by atoms with Crippen molar-refractivity contribution in [1.82, 2.24) is 15.5 Å². The van der Waals surface area contributed by atoms with Crippen LogP contribution in [0.3, 0.4) is 0 Å². The average Bonchev–Trinajstić information content (AvgIpc) is 3.15. The van der Waals surface area contributed by atoms with E-state index in [4.69, 9.17) is 4.74 Å². The zero-order valence-corrected chi connectivity index (χ0v) is 11.6. The molecule has 1 aromatic carbocycles. The fourth-order valence-electron chi connectivity index (χ4n) is 1.96. The number of hydrogen-bond donors (Lipinski definition) is 2. The van der Waals surface area contributed by atoms with Crippen molar-refractivity contribution >= 4 is 11.9 Å². The van der Waals surface area contributed by atoms with Crippen LogP contribution in [-0.2, 0) is 9.53 Å². The Kier molecular flexibility index (Phi) is 3.86. The second kappa shape index (κ2) is 5.97. The van der Waals surface area contributed by atoms with Gasteiger partial charge in [-0.15, -0.1) is 0 Å². The van der Waals surface area contributed by atoms with E-state index in [1.54, 1.807) is 0 Å². The standard InChI is InChI=1S/C15H14FN3O3/c16-10-3-1-9(2-4-10)13(14(20)18-11-5-6-11)22-15(21)12-7-8-17-19-12/h1-4,7-8,11,13H,5-6H2,(H,17,19)(H,18,20)/t13-/m1/s1. The summed E-state index contributed by atoms with van der Waals surface area (Å²) in [4.78, 5) is 24.3. The summed E-state index contributed by atoms with van der Waals surface area (Å²) in [6, 6.07) is 6.86. The van der Waals surface area contributed by atoms with E-state index in [1.165, 1.54) is 36.5 Å². The lowest BCUT2D eigenvalue weighted by molar-refractivity contribution is -0.130. The zero-order chi connectivity index (χ0) is 15.5. The summed E-state index contributed by atoms with van der Waals surface area (Å²) < 4.78 is 18.3. The van der Waals surface area contributed by atoms with Gasteiger partial charge in [0, 0.05) is 17.8 Å². The number of aromatic amines is 1. The number of hydrogen-bond acceptors (Lipinski definition) is 4. The van der Waals surface area contributed by atoms with Crippen molar-refractivity contribution in [3.8, 4) is 0 Å². The van der Waals surface area contributed by atoms with E-state index < -0.39 is 23.8 Å². The monoisotopic (exact) mass is 303 g/mol. The molecule has 1 aromatic heterocycles. The Hall–Kier alpha value is -2.70. The molecule has 0 aliphatic heterocycles. The topological polar surface area (TPSA) is 84.1 Å². The van der Waals surface area contributed by atoms with E-state index in [1.807, 2.05) is 0 Å². The summed E-state index contributed by atoms with van der Waals surface area (Å²) in [6.07, 6.45) is 2.11. The lowest BCUT2D eigenvalue weighted by Gasteiger charge is -2.17. The molecule has 2 N–H and O–H groups in total. The number of halogens is 1. The Balaban J connectivity index is 1.80. The molecule has 0 unspecified atom stereocenters. The molecule has 22 heavy (non-hydrogen) atoms. The molecule has 1 aliphatic rings. The minimum Gasteiger partial charge on any atom is -0.443 e. The predicted octanol–water partition coefficient (Wildman–Crippen LogP) is 1.73. The minimum absolute atomic E-state index is 0.126. The maximum Gasteiger partial charge on any atom is 0.357 e. The normalized spacial score (nSPS) is 15.1. The fourth-order valence-corrected chi connectivity index (χ4v) is 1.96. The fraction of sp³-hybridized carbons (Fsp3) is 0.267. The number of aromatic nitrogens is 2. The van der Waals surface area contributed by atoms with Gasteiger partial charge < -0.3 is 10.1 Å². The first kappa shape index (κ1) is 14.2. The number of nitrogens with one attached hydrogen (secondary N) is 2. The Labute approximate surface area is 125 Å². The van der Waals surface area contributed by atoms with Crippen LogP contribution in [0, 0.1) is 5.82 Å². The average molecular weight is 303 g/mol. The number of nitrogens with zero attached hydrogens (tertiary/aromatic N) is 1. The van der Waals surface area contributed by atoms with E-state index in [9.17, 15) is 14.0 Å². The van der Waals surface area contributed by atoms with Gasteiger partial charge in [-0.2, -0.15) is 5.10 Å². The van der Waals surface area contributed by atoms with E-state index in [-0.39, 0.29) is 11.7 Å². The molecular formula is C15H14FN3O3.